The number of esters is 2. The van der Waals surface area contributed by atoms with Gasteiger partial charge in [-0.05, 0) is 45.0 Å². The topological polar surface area (TPSA) is 91.4 Å². The largest absolute Gasteiger partial charge is 0.491 e. The van der Waals surface area contributed by atoms with E-state index in [4.69, 9.17) is 14.2 Å². The van der Waals surface area contributed by atoms with Crippen molar-refractivity contribution < 1.29 is 33.3 Å². The molecule has 2 atom stereocenters. The highest BCUT2D eigenvalue weighted by molar-refractivity contribution is 5.89. The van der Waals surface area contributed by atoms with Crippen LogP contribution in [0.3, 0.4) is 0 Å². The third-order valence-electron chi connectivity index (χ3n) is 4.05. The number of hydrogen-bond acceptors (Lipinski definition) is 7. The van der Waals surface area contributed by atoms with E-state index in [-0.39, 0.29) is 19.2 Å². The molecule has 0 spiro atoms. The lowest BCUT2D eigenvalue weighted by molar-refractivity contribution is -0.145. The Labute approximate surface area is 164 Å². The molecule has 8 heteroatoms. The monoisotopic (exact) mass is 393 g/mol. The standard InChI is InChI=1S/C20H27NO7/c1-13(22)27-17-10-15(21(11-17)19(24)28-20(2,3)4)12-26-16-8-6-14(7-9-16)18(23)25-5/h6-9,15,17H,10-12H2,1-5H3/t15-,17+/m0/s1. The van der Waals surface area contributed by atoms with Gasteiger partial charge >= 0.3 is 18.0 Å². The minimum Gasteiger partial charge on any atom is -0.491 e. The van der Waals surface area contributed by atoms with Crippen LogP contribution in [0.25, 0.3) is 0 Å². The molecule has 1 heterocycles. The van der Waals surface area contributed by atoms with Gasteiger partial charge in [0.15, 0.2) is 0 Å². The number of methoxy groups -OCH3 is 1. The summed E-state index contributed by atoms with van der Waals surface area (Å²) in [6.07, 6.45) is -0.420. The Morgan fingerprint density at radius 2 is 1.79 bits per heavy atom. The van der Waals surface area contributed by atoms with Crippen molar-refractivity contribution in [3.05, 3.63) is 29.8 Å². The van der Waals surface area contributed by atoms with E-state index in [0.29, 0.717) is 17.7 Å². The highest BCUT2D eigenvalue weighted by Gasteiger charge is 2.39. The molecule has 1 aliphatic rings. The second kappa shape index (κ2) is 8.95. The molecule has 2 rings (SSSR count). The molecule has 1 amide bonds. The summed E-state index contributed by atoms with van der Waals surface area (Å²) in [6, 6.07) is 6.21. The van der Waals surface area contributed by atoms with Crippen LogP contribution in [0, 0.1) is 0 Å². The zero-order valence-corrected chi connectivity index (χ0v) is 16.9. The van der Waals surface area contributed by atoms with E-state index >= 15 is 0 Å². The molecule has 0 bridgehead atoms. The molecule has 0 radical (unpaired) electrons. The lowest BCUT2D eigenvalue weighted by Crippen LogP contribution is -2.42. The van der Waals surface area contributed by atoms with E-state index in [1.54, 1.807) is 45.0 Å². The summed E-state index contributed by atoms with van der Waals surface area (Å²) in [7, 11) is 1.32. The first kappa shape index (κ1) is 21.5. The number of carbonyl (C=O) groups excluding carboxylic acids is 3. The van der Waals surface area contributed by atoms with E-state index in [0.717, 1.165) is 0 Å². The van der Waals surface area contributed by atoms with Crippen molar-refractivity contribution in [3.63, 3.8) is 0 Å². The van der Waals surface area contributed by atoms with Crippen molar-refractivity contribution in [2.75, 3.05) is 20.3 Å². The van der Waals surface area contributed by atoms with E-state index in [9.17, 15) is 14.4 Å². The van der Waals surface area contributed by atoms with Crippen LogP contribution in [0.5, 0.6) is 5.75 Å². The maximum absolute atomic E-state index is 12.5. The number of benzene rings is 1. The van der Waals surface area contributed by atoms with Gasteiger partial charge in [0.2, 0.25) is 0 Å². The molecule has 1 aliphatic heterocycles. The van der Waals surface area contributed by atoms with Crippen LogP contribution in [-0.2, 0) is 19.0 Å². The number of hydrogen-bond donors (Lipinski definition) is 0. The van der Waals surface area contributed by atoms with Crippen molar-refractivity contribution in [1.29, 1.82) is 0 Å². The second-order valence-corrected chi connectivity index (χ2v) is 7.58. The van der Waals surface area contributed by atoms with Crippen LogP contribution < -0.4 is 4.74 Å². The smallest absolute Gasteiger partial charge is 0.410 e. The van der Waals surface area contributed by atoms with Crippen molar-refractivity contribution in [2.24, 2.45) is 0 Å². The van der Waals surface area contributed by atoms with Gasteiger partial charge in [-0.2, -0.15) is 0 Å². The third kappa shape index (κ3) is 6.14. The fraction of sp³-hybridized carbons (Fsp3) is 0.550. The van der Waals surface area contributed by atoms with Crippen LogP contribution in [0.1, 0.15) is 44.5 Å². The summed E-state index contributed by atoms with van der Waals surface area (Å²) in [5, 5.41) is 0. The molecule has 0 aliphatic carbocycles. The van der Waals surface area contributed by atoms with Crippen molar-refractivity contribution in [1.82, 2.24) is 4.90 Å². The fourth-order valence-corrected chi connectivity index (χ4v) is 2.89. The Balaban J connectivity index is 2.03. The second-order valence-electron chi connectivity index (χ2n) is 7.58. The molecule has 1 aromatic rings. The Morgan fingerprint density at radius 3 is 2.32 bits per heavy atom. The predicted octanol–water partition coefficient (Wildman–Crippen LogP) is 2.79. The van der Waals surface area contributed by atoms with Crippen molar-refractivity contribution >= 4 is 18.0 Å². The van der Waals surface area contributed by atoms with E-state index in [2.05, 4.69) is 4.74 Å². The van der Waals surface area contributed by atoms with Crippen LogP contribution >= 0.6 is 0 Å². The molecular weight excluding hydrogens is 366 g/mol. The summed E-state index contributed by atoms with van der Waals surface area (Å²) < 4.78 is 21.2. The van der Waals surface area contributed by atoms with Gasteiger partial charge < -0.3 is 18.9 Å². The first-order valence-corrected chi connectivity index (χ1v) is 9.07. The molecule has 0 saturated carbocycles. The summed E-state index contributed by atoms with van der Waals surface area (Å²) in [6.45, 7) is 7.17. The van der Waals surface area contributed by atoms with Crippen molar-refractivity contribution in [3.8, 4) is 5.75 Å². The van der Waals surface area contributed by atoms with Gasteiger partial charge in [-0.3, -0.25) is 9.69 Å². The highest BCUT2D eigenvalue weighted by Crippen LogP contribution is 2.24. The number of carbonyl (C=O) groups is 3. The Morgan fingerprint density at radius 1 is 1.14 bits per heavy atom. The number of likely N-dealkylation sites (tertiary alicyclic amines) is 1. The minimum atomic E-state index is -0.633. The molecule has 28 heavy (non-hydrogen) atoms. The first-order valence-electron chi connectivity index (χ1n) is 9.07. The van der Waals surface area contributed by atoms with Crippen LogP contribution in [0.15, 0.2) is 24.3 Å². The molecule has 0 unspecified atom stereocenters. The maximum atomic E-state index is 12.5. The fourth-order valence-electron chi connectivity index (χ4n) is 2.89. The Kier molecular flexibility index (Phi) is 6.88. The summed E-state index contributed by atoms with van der Waals surface area (Å²) in [4.78, 5) is 36.8. The summed E-state index contributed by atoms with van der Waals surface area (Å²) in [5.74, 6) is -0.274. The normalized spacial score (nSPS) is 19.1. The predicted molar refractivity (Wildman–Crippen MR) is 100 cm³/mol. The molecule has 0 aromatic heterocycles. The van der Waals surface area contributed by atoms with Gasteiger partial charge in [-0.25, -0.2) is 9.59 Å². The highest BCUT2D eigenvalue weighted by atomic mass is 16.6. The minimum absolute atomic E-state index is 0.203. The number of ether oxygens (including phenoxy) is 4. The lowest BCUT2D eigenvalue weighted by Gasteiger charge is -2.28. The first-order chi connectivity index (χ1) is 13.1. The molecule has 154 valence electrons. The van der Waals surface area contributed by atoms with Gasteiger partial charge in [0.25, 0.3) is 0 Å². The Bertz CT molecular complexity index is 708. The molecule has 0 N–H and O–H groups in total. The lowest BCUT2D eigenvalue weighted by atomic mass is 10.2. The van der Waals surface area contributed by atoms with Crippen molar-refractivity contribution in [2.45, 2.75) is 51.9 Å². The SMILES string of the molecule is COC(=O)c1ccc(OC[C@@H]2C[C@@H](OC(C)=O)CN2C(=O)OC(C)(C)C)cc1. The Hall–Kier alpha value is -2.77. The quantitative estimate of drug-likeness (QED) is 0.561. The third-order valence-corrected chi connectivity index (χ3v) is 4.05. The molecular formula is C20H27NO7. The number of rotatable bonds is 5. The van der Waals surface area contributed by atoms with E-state index in [1.165, 1.54) is 18.9 Å². The van der Waals surface area contributed by atoms with Gasteiger partial charge in [0.05, 0.1) is 25.3 Å². The number of nitrogens with zero attached hydrogens (tertiary/aromatic N) is 1. The number of amides is 1. The van der Waals surface area contributed by atoms with Gasteiger partial charge in [0, 0.05) is 13.3 Å². The van der Waals surface area contributed by atoms with Gasteiger partial charge in [-0.1, -0.05) is 0 Å². The summed E-state index contributed by atoms with van der Waals surface area (Å²) >= 11 is 0. The molecule has 1 fully saturated rings. The van der Waals surface area contributed by atoms with Crippen LogP contribution in [-0.4, -0.2) is 60.9 Å². The maximum Gasteiger partial charge on any atom is 0.410 e. The van der Waals surface area contributed by atoms with Gasteiger partial charge in [-0.15, -0.1) is 0 Å². The zero-order chi connectivity index (χ0) is 20.9. The van der Waals surface area contributed by atoms with Crippen LogP contribution in [0.4, 0.5) is 4.79 Å². The molecule has 1 saturated heterocycles. The van der Waals surface area contributed by atoms with E-state index in [1.807, 2.05) is 0 Å². The molecule has 1 aromatic carbocycles. The van der Waals surface area contributed by atoms with Gasteiger partial charge in [0.1, 0.15) is 24.1 Å². The van der Waals surface area contributed by atoms with E-state index < -0.39 is 29.7 Å². The average Bonchev–Trinajstić information content (AvgIpc) is 3.00. The molecule has 8 nitrogen and oxygen atoms in total. The zero-order valence-electron chi connectivity index (χ0n) is 16.9. The van der Waals surface area contributed by atoms with Crippen LogP contribution in [0.2, 0.25) is 0 Å². The average molecular weight is 393 g/mol. The summed E-state index contributed by atoms with van der Waals surface area (Å²) in [5.41, 5.74) is -0.216.